The molecule has 0 aliphatic rings. The number of aliphatic hydroxyl groups excluding tert-OH is 1. The molecule has 1 aromatic carbocycles. The monoisotopic (exact) mass is 208 g/mol. The quantitative estimate of drug-likeness (QED) is 0.786. The minimum Gasteiger partial charge on any atom is -0.397 e. The molecular formula is C14H24O. The van der Waals surface area contributed by atoms with Crippen molar-refractivity contribution in [3.05, 3.63) is 34.9 Å². The molecule has 15 heavy (non-hydrogen) atoms. The van der Waals surface area contributed by atoms with E-state index in [0.29, 0.717) is 5.92 Å². The summed E-state index contributed by atoms with van der Waals surface area (Å²) < 4.78 is 0. The van der Waals surface area contributed by atoms with E-state index in [-0.39, 0.29) is 6.61 Å². The number of aliphatic hydroxyl groups is 1. The molecule has 0 aromatic heterocycles. The lowest BCUT2D eigenvalue weighted by Crippen LogP contribution is -1.95. The first-order valence-electron chi connectivity index (χ1n) is 5.77. The van der Waals surface area contributed by atoms with Gasteiger partial charge in [0.15, 0.2) is 0 Å². The molecule has 1 rings (SSSR count). The fraction of sp³-hybridized carbons (Fsp3) is 0.571. The maximum Gasteiger partial charge on any atom is 0.0402 e. The van der Waals surface area contributed by atoms with Crippen molar-refractivity contribution < 1.29 is 5.11 Å². The van der Waals surface area contributed by atoms with Crippen LogP contribution in [0.2, 0.25) is 0 Å². The molecule has 0 saturated heterocycles. The lowest BCUT2D eigenvalue weighted by molar-refractivity contribution is 0.318. The predicted molar refractivity (Wildman–Crippen MR) is 67.4 cm³/mol. The first kappa shape index (κ1) is 14.2. The molecule has 0 saturated carbocycles. The van der Waals surface area contributed by atoms with Crippen LogP contribution in [0.15, 0.2) is 18.2 Å². The van der Waals surface area contributed by atoms with Crippen LogP contribution in [-0.2, 0) is 6.42 Å². The van der Waals surface area contributed by atoms with Crippen molar-refractivity contribution in [2.24, 2.45) is 0 Å². The Kier molecular flexibility index (Phi) is 7.06. The van der Waals surface area contributed by atoms with Gasteiger partial charge in [-0.3, -0.25) is 0 Å². The Morgan fingerprint density at radius 3 is 2.13 bits per heavy atom. The van der Waals surface area contributed by atoms with Gasteiger partial charge >= 0.3 is 0 Å². The van der Waals surface area contributed by atoms with Gasteiger partial charge in [-0.1, -0.05) is 39.0 Å². The molecule has 0 spiro atoms. The van der Waals surface area contributed by atoms with Crippen LogP contribution in [0.1, 0.15) is 50.3 Å². The first-order chi connectivity index (χ1) is 7.08. The summed E-state index contributed by atoms with van der Waals surface area (Å²) in [6.45, 7) is 10.9. The van der Waals surface area contributed by atoms with Gasteiger partial charge in [-0.25, -0.2) is 0 Å². The Balaban J connectivity index is 0.000000583. The standard InChI is InChI=1S/C12H18.C2H6O/c1-5-11-7-6-8-12(9(2)3)10(11)4;1-2-3/h6-9H,5H2,1-4H3;3H,2H2,1H3. The van der Waals surface area contributed by atoms with Crippen molar-refractivity contribution in [3.8, 4) is 0 Å². The lowest BCUT2D eigenvalue weighted by Gasteiger charge is -2.12. The van der Waals surface area contributed by atoms with Crippen LogP contribution in [0.25, 0.3) is 0 Å². The molecule has 86 valence electrons. The largest absolute Gasteiger partial charge is 0.397 e. The Morgan fingerprint density at radius 1 is 1.20 bits per heavy atom. The third kappa shape index (κ3) is 4.48. The Hall–Kier alpha value is -0.820. The summed E-state index contributed by atoms with van der Waals surface area (Å²) in [7, 11) is 0. The fourth-order valence-corrected chi connectivity index (χ4v) is 1.71. The van der Waals surface area contributed by atoms with Crippen molar-refractivity contribution >= 4 is 0 Å². The highest BCUT2D eigenvalue weighted by Crippen LogP contribution is 2.21. The van der Waals surface area contributed by atoms with Crippen LogP contribution in [0.4, 0.5) is 0 Å². The average molecular weight is 208 g/mol. The van der Waals surface area contributed by atoms with E-state index < -0.39 is 0 Å². The van der Waals surface area contributed by atoms with Gasteiger partial charge in [0.2, 0.25) is 0 Å². The zero-order chi connectivity index (χ0) is 11.8. The van der Waals surface area contributed by atoms with E-state index in [2.05, 4.69) is 45.9 Å². The van der Waals surface area contributed by atoms with E-state index >= 15 is 0 Å². The van der Waals surface area contributed by atoms with Gasteiger partial charge in [-0.15, -0.1) is 0 Å². The third-order valence-corrected chi connectivity index (χ3v) is 2.49. The predicted octanol–water partition coefficient (Wildman–Crippen LogP) is 3.68. The number of benzene rings is 1. The van der Waals surface area contributed by atoms with Gasteiger partial charge in [-0.2, -0.15) is 0 Å². The summed E-state index contributed by atoms with van der Waals surface area (Å²) in [5.41, 5.74) is 4.46. The number of aryl methyl sites for hydroxylation is 1. The van der Waals surface area contributed by atoms with E-state index in [0.717, 1.165) is 6.42 Å². The van der Waals surface area contributed by atoms with Crippen molar-refractivity contribution in [2.45, 2.75) is 47.0 Å². The normalized spacial score (nSPS) is 9.80. The molecule has 1 N–H and O–H groups in total. The maximum atomic E-state index is 7.57. The Bertz CT molecular complexity index is 277. The molecular weight excluding hydrogens is 184 g/mol. The van der Waals surface area contributed by atoms with Crippen LogP contribution in [0, 0.1) is 6.92 Å². The second kappa shape index (κ2) is 7.47. The summed E-state index contributed by atoms with van der Waals surface area (Å²) in [5, 5.41) is 7.57. The summed E-state index contributed by atoms with van der Waals surface area (Å²) in [5.74, 6) is 0.650. The van der Waals surface area contributed by atoms with Crippen molar-refractivity contribution in [1.82, 2.24) is 0 Å². The van der Waals surface area contributed by atoms with E-state index in [4.69, 9.17) is 5.11 Å². The molecule has 1 heteroatoms. The van der Waals surface area contributed by atoms with Crippen molar-refractivity contribution in [3.63, 3.8) is 0 Å². The Morgan fingerprint density at radius 2 is 1.73 bits per heavy atom. The molecule has 0 bridgehead atoms. The molecule has 0 aliphatic heterocycles. The van der Waals surface area contributed by atoms with Crippen LogP contribution in [-0.4, -0.2) is 11.7 Å². The second-order valence-corrected chi connectivity index (χ2v) is 3.96. The van der Waals surface area contributed by atoms with Gasteiger partial charge in [0.05, 0.1) is 0 Å². The minimum atomic E-state index is 0.250. The molecule has 0 aliphatic carbocycles. The van der Waals surface area contributed by atoms with Crippen LogP contribution in [0.3, 0.4) is 0 Å². The van der Waals surface area contributed by atoms with E-state index in [1.54, 1.807) is 6.92 Å². The molecule has 1 nitrogen and oxygen atoms in total. The third-order valence-electron chi connectivity index (χ3n) is 2.49. The molecule has 0 heterocycles. The topological polar surface area (TPSA) is 20.2 Å². The summed E-state index contributed by atoms with van der Waals surface area (Å²) in [6.07, 6.45) is 1.15. The fourth-order valence-electron chi connectivity index (χ4n) is 1.71. The van der Waals surface area contributed by atoms with Crippen molar-refractivity contribution in [2.75, 3.05) is 6.61 Å². The maximum absolute atomic E-state index is 7.57. The number of hydrogen-bond acceptors (Lipinski definition) is 1. The molecule has 0 radical (unpaired) electrons. The molecule has 0 amide bonds. The summed E-state index contributed by atoms with van der Waals surface area (Å²) in [4.78, 5) is 0. The van der Waals surface area contributed by atoms with Crippen LogP contribution in [0.5, 0.6) is 0 Å². The highest BCUT2D eigenvalue weighted by atomic mass is 16.2. The zero-order valence-corrected chi connectivity index (χ0v) is 10.7. The van der Waals surface area contributed by atoms with Gasteiger partial charge in [0.25, 0.3) is 0 Å². The van der Waals surface area contributed by atoms with Crippen LogP contribution >= 0.6 is 0 Å². The van der Waals surface area contributed by atoms with E-state index in [1.807, 2.05) is 0 Å². The van der Waals surface area contributed by atoms with Crippen LogP contribution < -0.4 is 0 Å². The average Bonchev–Trinajstić information content (AvgIpc) is 2.19. The highest BCUT2D eigenvalue weighted by Gasteiger charge is 2.04. The van der Waals surface area contributed by atoms with Gasteiger partial charge in [0, 0.05) is 6.61 Å². The molecule has 0 fully saturated rings. The molecule has 1 aromatic rings. The van der Waals surface area contributed by atoms with E-state index in [9.17, 15) is 0 Å². The Labute approximate surface area is 94.2 Å². The van der Waals surface area contributed by atoms with E-state index in [1.165, 1.54) is 16.7 Å². The highest BCUT2D eigenvalue weighted by molar-refractivity contribution is 5.35. The smallest absolute Gasteiger partial charge is 0.0402 e. The van der Waals surface area contributed by atoms with Crippen molar-refractivity contribution in [1.29, 1.82) is 0 Å². The first-order valence-corrected chi connectivity index (χ1v) is 5.77. The van der Waals surface area contributed by atoms with Gasteiger partial charge < -0.3 is 5.11 Å². The molecule has 0 unspecified atom stereocenters. The lowest BCUT2D eigenvalue weighted by atomic mass is 9.93. The second-order valence-electron chi connectivity index (χ2n) is 3.96. The number of hydrogen-bond donors (Lipinski definition) is 1. The summed E-state index contributed by atoms with van der Waals surface area (Å²) in [6, 6.07) is 6.63. The summed E-state index contributed by atoms with van der Waals surface area (Å²) >= 11 is 0. The van der Waals surface area contributed by atoms with Gasteiger partial charge in [0.1, 0.15) is 0 Å². The van der Waals surface area contributed by atoms with Gasteiger partial charge in [-0.05, 0) is 42.9 Å². The molecule has 0 atom stereocenters. The number of rotatable bonds is 2. The SMILES string of the molecule is CCO.CCc1cccc(C(C)C)c1C. The zero-order valence-electron chi connectivity index (χ0n) is 10.7. The minimum absolute atomic E-state index is 0.250.